The van der Waals surface area contributed by atoms with Crippen molar-refractivity contribution >= 4 is 11.6 Å². The molecular formula is C13H17F3N2O2. The maximum absolute atomic E-state index is 13.0. The van der Waals surface area contributed by atoms with Gasteiger partial charge < -0.3 is 15.4 Å². The molecule has 0 aliphatic carbocycles. The summed E-state index contributed by atoms with van der Waals surface area (Å²) >= 11 is 0. The Morgan fingerprint density at radius 3 is 2.45 bits per heavy atom. The predicted octanol–water partition coefficient (Wildman–Crippen LogP) is 2.06. The minimum Gasteiger partial charge on any atom is -0.385 e. The third-order valence-corrected chi connectivity index (χ3v) is 2.58. The van der Waals surface area contributed by atoms with E-state index in [1.54, 1.807) is 7.11 Å². The van der Waals surface area contributed by atoms with E-state index in [2.05, 4.69) is 10.6 Å². The van der Waals surface area contributed by atoms with Gasteiger partial charge in [0, 0.05) is 38.1 Å². The standard InChI is InChI=1S/C13H17F3N2O2/c1-8(13(19)17-4-3-5-20-2)18-9-6-10(14)12(16)11(15)7-9/h6-8,18H,3-5H2,1-2H3,(H,17,19). The van der Waals surface area contributed by atoms with Crippen molar-refractivity contribution in [3.05, 3.63) is 29.6 Å². The minimum atomic E-state index is -1.53. The Labute approximate surface area is 115 Å². The zero-order valence-corrected chi connectivity index (χ0v) is 11.3. The van der Waals surface area contributed by atoms with Crippen LogP contribution < -0.4 is 10.6 Å². The summed E-state index contributed by atoms with van der Waals surface area (Å²) in [6.07, 6.45) is 0.661. The lowest BCUT2D eigenvalue weighted by Gasteiger charge is -2.15. The highest BCUT2D eigenvalue weighted by Crippen LogP contribution is 2.17. The van der Waals surface area contributed by atoms with Gasteiger partial charge in [-0.25, -0.2) is 13.2 Å². The summed E-state index contributed by atoms with van der Waals surface area (Å²) in [7, 11) is 1.56. The van der Waals surface area contributed by atoms with Crippen LogP contribution in [-0.4, -0.2) is 32.2 Å². The van der Waals surface area contributed by atoms with Gasteiger partial charge in [0.25, 0.3) is 0 Å². The van der Waals surface area contributed by atoms with Gasteiger partial charge in [-0.1, -0.05) is 0 Å². The molecule has 4 nitrogen and oxygen atoms in total. The Bertz CT molecular complexity index is 446. The van der Waals surface area contributed by atoms with Gasteiger partial charge in [-0.3, -0.25) is 4.79 Å². The van der Waals surface area contributed by atoms with Crippen LogP contribution in [0.4, 0.5) is 18.9 Å². The zero-order valence-electron chi connectivity index (χ0n) is 11.3. The van der Waals surface area contributed by atoms with Gasteiger partial charge in [0.05, 0.1) is 0 Å². The molecule has 0 radical (unpaired) electrons. The molecule has 1 rings (SSSR count). The van der Waals surface area contributed by atoms with Gasteiger partial charge in [0.2, 0.25) is 5.91 Å². The number of ether oxygens (including phenoxy) is 1. The number of hydrogen-bond acceptors (Lipinski definition) is 3. The van der Waals surface area contributed by atoms with Crippen molar-refractivity contribution in [3.8, 4) is 0 Å². The zero-order chi connectivity index (χ0) is 15.1. The van der Waals surface area contributed by atoms with Gasteiger partial charge in [0.1, 0.15) is 6.04 Å². The summed E-state index contributed by atoms with van der Waals surface area (Å²) in [5.74, 6) is -4.47. The smallest absolute Gasteiger partial charge is 0.242 e. The van der Waals surface area contributed by atoms with Crippen LogP contribution in [0.5, 0.6) is 0 Å². The molecule has 0 bridgehead atoms. The Hall–Kier alpha value is -1.76. The molecule has 0 spiro atoms. The van der Waals surface area contributed by atoms with Crippen LogP contribution in [0.15, 0.2) is 12.1 Å². The summed E-state index contributed by atoms with van der Waals surface area (Å²) in [6, 6.07) is 0.891. The van der Waals surface area contributed by atoms with Crippen molar-refractivity contribution in [1.29, 1.82) is 0 Å². The molecule has 1 amide bonds. The van der Waals surface area contributed by atoms with Crippen molar-refractivity contribution in [2.24, 2.45) is 0 Å². The lowest BCUT2D eigenvalue weighted by molar-refractivity contribution is -0.121. The molecule has 1 atom stereocenters. The number of amides is 1. The highest BCUT2D eigenvalue weighted by Gasteiger charge is 2.15. The second kappa shape index (κ2) is 7.74. The van der Waals surface area contributed by atoms with Crippen LogP contribution in [0.3, 0.4) is 0 Å². The maximum atomic E-state index is 13.0. The summed E-state index contributed by atoms with van der Waals surface area (Å²) in [4.78, 5) is 11.7. The van der Waals surface area contributed by atoms with Crippen LogP contribution in [0.1, 0.15) is 13.3 Å². The van der Waals surface area contributed by atoms with Gasteiger partial charge in [-0.15, -0.1) is 0 Å². The van der Waals surface area contributed by atoms with Crippen LogP contribution >= 0.6 is 0 Å². The van der Waals surface area contributed by atoms with Crippen molar-refractivity contribution in [2.75, 3.05) is 25.6 Å². The molecule has 0 aliphatic heterocycles. The lowest BCUT2D eigenvalue weighted by atomic mass is 10.2. The first-order valence-corrected chi connectivity index (χ1v) is 6.13. The fourth-order valence-corrected chi connectivity index (χ4v) is 1.54. The molecule has 0 aromatic heterocycles. The van der Waals surface area contributed by atoms with Crippen molar-refractivity contribution in [2.45, 2.75) is 19.4 Å². The van der Waals surface area contributed by atoms with Crippen molar-refractivity contribution < 1.29 is 22.7 Å². The van der Waals surface area contributed by atoms with E-state index in [0.29, 0.717) is 19.6 Å². The van der Waals surface area contributed by atoms with Crippen molar-refractivity contribution in [1.82, 2.24) is 5.32 Å². The van der Waals surface area contributed by atoms with E-state index in [-0.39, 0.29) is 11.6 Å². The van der Waals surface area contributed by atoms with E-state index >= 15 is 0 Å². The molecule has 0 fully saturated rings. The van der Waals surface area contributed by atoms with E-state index in [1.807, 2.05) is 0 Å². The summed E-state index contributed by atoms with van der Waals surface area (Å²) < 4.78 is 43.6. The molecule has 0 aliphatic rings. The number of benzene rings is 1. The molecule has 1 aromatic carbocycles. The fraction of sp³-hybridized carbons (Fsp3) is 0.462. The molecule has 1 aromatic rings. The summed E-state index contributed by atoms with van der Waals surface area (Å²) in [6.45, 7) is 2.49. The lowest BCUT2D eigenvalue weighted by Crippen LogP contribution is -2.38. The molecule has 0 heterocycles. The number of anilines is 1. The van der Waals surface area contributed by atoms with Crippen molar-refractivity contribution in [3.63, 3.8) is 0 Å². The average molecular weight is 290 g/mol. The summed E-state index contributed by atoms with van der Waals surface area (Å²) in [5, 5.41) is 5.24. The molecule has 0 saturated carbocycles. The number of carbonyl (C=O) groups excluding carboxylic acids is 1. The Balaban J connectivity index is 2.53. The minimum absolute atomic E-state index is 0.000872. The quantitative estimate of drug-likeness (QED) is 0.597. The molecule has 20 heavy (non-hydrogen) atoms. The molecular weight excluding hydrogens is 273 g/mol. The second-order valence-corrected chi connectivity index (χ2v) is 4.26. The molecule has 2 N–H and O–H groups in total. The molecule has 112 valence electrons. The molecule has 0 saturated heterocycles. The maximum Gasteiger partial charge on any atom is 0.242 e. The van der Waals surface area contributed by atoms with Crippen LogP contribution in [0, 0.1) is 17.5 Å². The average Bonchev–Trinajstić information content (AvgIpc) is 2.40. The van der Waals surface area contributed by atoms with E-state index < -0.39 is 23.5 Å². The highest BCUT2D eigenvalue weighted by molar-refractivity contribution is 5.84. The van der Waals surface area contributed by atoms with Gasteiger partial charge in [-0.2, -0.15) is 0 Å². The molecule has 1 unspecified atom stereocenters. The first-order chi connectivity index (χ1) is 9.45. The fourth-order valence-electron chi connectivity index (χ4n) is 1.54. The predicted molar refractivity (Wildman–Crippen MR) is 68.9 cm³/mol. The van der Waals surface area contributed by atoms with E-state index in [0.717, 1.165) is 12.1 Å². The number of methoxy groups -OCH3 is 1. The highest BCUT2D eigenvalue weighted by atomic mass is 19.2. The Morgan fingerprint density at radius 1 is 1.30 bits per heavy atom. The van der Waals surface area contributed by atoms with Crippen LogP contribution in [0.2, 0.25) is 0 Å². The van der Waals surface area contributed by atoms with Crippen LogP contribution in [-0.2, 0) is 9.53 Å². The summed E-state index contributed by atoms with van der Waals surface area (Å²) in [5.41, 5.74) is 0.000872. The number of carbonyl (C=O) groups is 1. The monoisotopic (exact) mass is 290 g/mol. The third-order valence-electron chi connectivity index (χ3n) is 2.58. The van der Waals surface area contributed by atoms with Crippen LogP contribution in [0.25, 0.3) is 0 Å². The number of halogens is 3. The Kier molecular flexibility index (Phi) is 6.30. The Morgan fingerprint density at radius 2 is 1.90 bits per heavy atom. The first kappa shape index (κ1) is 16.3. The normalized spacial score (nSPS) is 12.1. The van der Waals surface area contributed by atoms with E-state index in [4.69, 9.17) is 4.74 Å². The van der Waals surface area contributed by atoms with Gasteiger partial charge in [0.15, 0.2) is 17.5 Å². The largest absolute Gasteiger partial charge is 0.385 e. The SMILES string of the molecule is COCCCNC(=O)C(C)Nc1cc(F)c(F)c(F)c1. The first-order valence-electron chi connectivity index (χ1n) is 6.13. The number of nitrogens with one attached hydrogen (secondary N) is 2. The number of rotatable bonds is 7. The van der Waals surface area contributed by atoms with E-state index in [1.165, 1.54) is 6.92 Å². The number of hydrogen-bond donors (Lipinski definition) is 2. The topological polar surface area (TPSA) is 50.4 Å². The van der Waals surface area contributed by atoms with Gasteiger partial charge in [-0.05, 0) is 13.3 Å². The third kappa shape index (κ3) is 4.73. The van der Waals surface area contributed by atoms with E-state index in [9.17, 15) is 18.0 Å². The second-order valence-electron chi connectivity index (χ2n) is 4.26. The molecule has 7 heteroatoms. The van der Waals surface area contributed by atoms with Gasteiger partial charge >= 0.3 is 0 Å².